The van der Waals surface area contributed by atoms with Crippen molar-refractivity contribution in [2.75, 3.05) is 6.54 Å². The Hall–Kier alpha value is -3.15. The number of amides is 2. The standard InChI is InChI=1S/C20H21FN4O/c21-19-8-6-16(7-9-19)10-12-22-20(26)23-14-17-4-1-2-5-18(17)15-25-13-3-11-24-25/h1-9,11,13H,10,12,14-15H2,(H2,22,23,26). The van der Waals surface area contributed by atoms with Crippen LogP contribution < -0.4 is 10.6 Å². The Morgan fingerprint density at radius 2 is 1.77 bits per heavy atom. The van der Waals surface area contributed by atoms with E-state index in [1.807, 2.05) is 41.2 Å². The van der Waals surface area contributed by atoms with Crippen molar-refractivity contribution < 1.29 is 9.18 Å². The van der Waals surface area contributed by atoms with E-state index in [-0.39, 0.29) is 11.8 Å². The van der Waals surface area contributed by atoms with Gasteiger partial charge in [0.15, 0.2) is 0 Å². The third-order valence-corrected chi connectivity index (χ3v) is 4.06. The molecule has 1 aromatic heterocycles. The fourth-order valence-electron chi connectivity index (χ4n) is 2.66. The van der Waals surface area contributed by atoms with Gasteiger partial charge in [-0.1, -0.05) is 36.4 Å². The molecular weight excluding hydrogens is 331 g/mol. The molecule has 0 atom stereocenters. The van der Waals surface area contributed by atoms with Gasteiger partial charge < -0.3 is 10.6 Å². The molecule has 2 amide bonds. The highest BCUT2D eigenvalue weighted by atomic mass is 19.1. The predicted molar refractivity (Wildman–Crippen MR) is 98.1 cm³/mol. The molecule has 134 valence electrons. The van der Waals surface area contributed by atoms with Crippen molar-refractivity contribution in [3.63, 3.8) is 0 Å². The molecule has 2 N–H and O–H groups in total. The number of hydrogen-bond donors (Lipinski definition) is 2. The van der Waals surface area contributed by atoms with Crippen molar-refractivity contribution in [2.45, 2.75) is 19.5 Å². The average molecular weight is 352 g/mol. The molecule has 0 aliphatic carbocycles. The molecule has 0 aliphatic rings. The largest absolute Gasteiger partial charge is 0.338 e. The highest BCUT2D eigenvalue weighted by Gasteiger charge is 2.05. The molecule has 0 aliphatic heterocycles. The van der Waals surface area contributed by atoms with E-state index in [9.17, 15) is 9.18 Å². The summed E-state index contributed by atoms with van der Waals surface area (Å²) >= 11 is 0. The molecule has 6 heteroatoms. The highest BCUT2D eigenvalue weighted by molar-refractivity contribution is 5.73. The van der Waals surface area contributed by atoms with Gasteiger partial charge in [0, 0.05) is 25.5 Å². The number of halogens is 1. The Labute approximate surface area is 151 Å². The predicted octanol–water partition coefficient (Wildman–Crippen LogP) is 3.11. The molecule has 0 unspecified atom stereocenters. The number of carbonyl (C=O) groups excluding carboxylic acids is 1. The number of rotatable bonds is 7. The summed E-state index contributed by atoms with van der Waals surface area (Å²) in [4.78, 5) is 12.0. The molecule has 2 aromatic carbocycles. The van der Waals surface area contributed by atoms with Crippen LogP contribution in [0.4, 0.5) is 9.18 Å². The summed E-state index contributed by atoms with van der Waals surface area (Å²) in [6.45, 7) is 1.60. The van der Waals surface area contributed by atoms with Crippen LogP contribution in [0.3, 0.4) is 0 Å². The molecule has 0 saturated carbocycles. The monoisotopic (exact) mass is 352 g/mol. The molecule has 26 heavy (non-hydrogen) atoms. The van der Waals surface area contributed by atoms with Crippen molar-refractivity contribution in [1.82, 2.24) is 20.4 Å². The highest BCUT2D eigenvalue weighted by Crippen LogP contribution is 2.10. The first-order valence-corrected chi connectivity index (χ1v) is 8.51. The van der Waals surface area contributed by atoms with Gasteiger partial charge in [0.25, 0.3) is 0 Å². The number of benzene rings is 2. The van der Waals surface area contributed by atoms with Crippen LogP contribution in [0, 0.1) is 5.82 Å². The summed E-state index contributed by atoms with van der Waals surface area (Å²) in [5.41, 5.74) is 3.15. The summed E-state index contributed by atoms with van der Waals surface area (Å²) in [5, 5.41) is 9.91. The fraction of sp³-hybridized carbons (Fsp3) is 0.200. The van der Waals surface area contributed by atoms with Gasteiger partial charge in [0.1, 0.15) is 5.82 Å². The summed E-state index contributed by atoms with van der Waals surface area (Å²) < 4.78 is 14.7. The zero-order valence-corrected chi connectivity index (χ0v) is 14.4. The summed E-state index contributed by atoms with van der Waals surface area (Å²) in [7, 11) is 0. The Morgan fingerprint density at radius 1 is 1.00 bits per heavy atom. The van der Waals surface area contributed by atoms with E-state index in [0.29, 0.717) is 26.1 Å². The van der Waals surface area contributed by atoms with E-state index >= 15 is 0 Å². The van der Waals surface area contributed by atoms with Crippen molar-refractivity contribution in [2.24, 2.45) is 0 Å². The van der Waals surface area contributed by atoms with Gasteiger partial charge in [-0.15, -0.1) is 0 Å². The molecule has 3 aromatic rings. The van der Waals surface area contributed by atoms with E-state index < -0.39 is 0 Å². The topological polar surface area (TPSA) is 59.0 Å². The zero-order chi connectivity index (χ0) is 18.2. The van der Waals surface area contributed by atoms with Gasteiger partial charge in [-0.3, -0.25) is 4.68 Å². The molecule has 5 nitrogen and oxygen atoms in total. The Bertz CT molecular complexity index is 831. The SMILES string of the molecule is O=C(NCCc1ccc(F)cc1)NCc1ccccc1Cn1cccn1. The fourth-order valence-corrected chi connectivity index (χ4v) is 2.66. The van der Waals surface area contributed by atoms with Crippen molar-refractivity contribution in [3.05, 3.63) is 89.5 Å². The molecule has 1 heterocycles. The lowest BCUT2D eigenvalue weighted by Gasteiger charge is -2.12. The normalized spacial score (nSPS) is 10.5. The van der Waals surface area contributed by atoms with Gasteiger partial charge >= 0.3 is 6.03 Å². The molecule has 0 spiro atoms. The van der Waals surface area contributed by atoms with E-state index in [2.05, 4.69) is 15.7 Å². The third kappa shape index (κ3) is 5.17. The van der Waals surface area contributed by atoms with Crippen LogP contribution in [-0.4, -0.2) is 22.4 Å². The lowest BCUT2D eigenvalue weighted by Crippen LogP contribution is -2.36. The van der Waals surface area contributed by atoms with Crippen LogP contribution in [0.2, 0.25) is 0 Å². The molecule has 0 bridgehead atoms. The summed E-state index contributed by atoms with van der Waals surface area (Å²) in [6, 6.07) is 15.9. The second-order valence-electron chi connectivity index (χ2n) is 5.96. The number of carbonyl (C=O) groups is 1. The van der Waals surface area contributed by atoms with E-state index in [0.717, 1.165) is 16.7 Å². The minimum absolute atomic E-state index is 0.221. The van der Waals surface area contributed by atoms with Crippen LogP contribution >= 0.6 is 0 Å². The average Bonchev–Trinajstić information content (AvgIpc) is 3.16. The first kappa shape index (κ1) is 17.7. The maximum atomic E-state index is 12.9. The molecule has 0 saturated heterocycles. The molecular formula is C20H21FN4O. The second-order valence-corrected chi connectivity index (χ2v) is 5.96. The molecule has 0 fully saturated rings. The van der Waals surface area contributed by atoms with Crippen LogP contribution in [-0.2, 0) is 19.5 Å². The van der Waals surface area contributed by atoms with Crippen LogP contribution in [0.15, 0.2) is 67.0 Å². The van der Waals surface area contributed by atoms with Crippen molar-refractivity contribution in [3.8, 4) is 0 Å². The summed E-state index contributed by atoms with van der Waals surface area (Å²) in [5.74, 6) is -0.256. The Balaban J connectivity index is 1.46. The first-order valence-electron chi connectivity index (χ1n) is 8.51. The van der Waals surface area contributed by atoms with Gasteiger partial charge in [0.2, 0.25) is 0 Å². The maximum absolute atomic E-state index is 12.9. The van der Waals surface area contributed by atoms with E-state index in [1.165, 1.54) is 12.1 Å². The lowest BCUT2D eigenvalue weighted by molar-refractivity contribution is 0.240. The van der Waals surface area contributed by atoms with Crippen LogP contribution in [0.1, 0.15) is 16.7 Å². The number of hydrogen-bond acceptors (Lipinski definition) is 2. The van der Waals surface area contributed by atoms with Gasteiger partial charge in [0.05, 0.1) is 6.54 Å². The summed E-state index contributed by atoms with van der Waals surface area (Å²) in [6.07, 6.45) is 4.31. The van der Waals surface area contributed by atoms with Gasteiger partial charge in [-0.05, 0) is 41.3 Å². The minimum atomic E-state index is -0.256. The quantitative estimate of drug-likeness (QED) is 0.686. The Kier molecular flexibility index (Phi) is 5.98. The molecule has 0 radical (unpaired) electrons. The minimum Gasteiger partial charge on any atom is -0.338 e. The number of aromatic nitrogens is 2. The van der Waals surface area contributed by atoms with Gasteiger partial charge in [-0.2, -0.15) is 5.10 Å². The van der Waals surface area contributed by atoms with Crippen LogP contribution in [0.25, 0.3) is 0 Å². The van der Waals surface area contributed by atoms with E-state index in [1.54, 1.807) is 18.3 Å². The third-order valence-electron chi connectivity index (χ3n) is 4.06. The number of nitrogens with one attached hydrogen (secondary N) is 2. The number of urea groups is 1. The lowest BCUT2D eigenvalue weighted by atomic mass is 10.1. The zero-order valence-electron chi connectivity index (χ0n) is 14.4. The van der Waals surface area contributed by atoms with E-state index in [4.69, 9.17) is 0 Å². The first-order chi connectivity index (χ1) is 12.7. The van der Waals surface area contributed by atoms with Crippen LogP contribution in [0.5, 0.6) is 0 Å². The molecule has 3 rings (SSSR count). The second kappa shape index (κ2) is 8.80. The van der Waals surface area contributed by atoms with Crippen molar-refractivity contribution >= 4 is 6.03 Å². The van der Waals surface area contributed by atoms with Crippen molar-refractivity contribution in [1.29, 1.82) is 0 Å². The number of nitrogens with zero attached hydrogens (tertiary/aromatic N) is 2. The van der Waals surface area contributed by atoms with Gasteiger partial charge in [-0.25, -0.2) is 9.18 Å². The smallest absolute Gasteiger partial charge is 0.315 e. The maximum Gasteiger partial charge on any atom is 0.315 e. The Morgan fingerprint density at radius 3 is 2.50 bits per heavy atom.